The number of hydrogen-bond donors (Lipinski definition) is 2. The van der Waals surface area contributed by atoms with Crippen LogP contribution in [-0.2, 0) is 6.42 Å². The van der Waals surface area contributed by atoms with Gasteiger partial charge in [0, 0.05) is 30.9 Å². The predicted octanol–water partition coefficient (Wildman–Crippen LogP) is 2.04. The lowest BCUT2D eigenvalue weighted by molar-refractivity contribution is 0.0950. The Hall–Kier alpha value is -2.56. The first-order valence-corrected chi connectivity index (χ1v) is 6.91. The topological polar surface area (TPSA) is 77.2 Å². The third-order valence-corrected chi connectivity index (χ3v) is 3.00. The number of hydrogen-bond acceptors (Lipinski definition) is 4. The van der Waals surface area contributed by atoms with Crippen molar-refractivity contribution in [3.63, 3.8) is 0 Å². The minimum absolute atomic E-state index is 0.199. The summed E-state index contributed by atoms with van der Waals surface area (Å²) in [5, 5.41) is 2.70. The second kappa shape index (κ2) is 7.28. The lowest BCUT2D eigenvalue weighted by Gasteiger charge is -2.09. The number of amides is 1. The van der Waals surface area contributed by atoms with Crippen molar-refractivity contribution in [1.29, 1.82) is 0 Å². The maximum Gasteiger partial charge on any atom is 0.270 e. The van der Waals surface area contributed by atoms with Gasteiger partial charge < -0.3 is 15.8 Å². The number of carbonyl (C=O) groups is 1. The van der Waals surface area contributed by atoms with Gasteiger partial charge >= 0.3 is 0 Å². The predicted molar refractivity (Wildman–Crippen MR) is 82.3 cm³/mol. The second-order valence-electron chi connectivity index (χ2n) is 4.53. The summed E-state index contributed by atoms with van der Waals surface area (Å²) in [6, 6.07) is 11.1. The number of carbonyl (C=O) groups excluding carboxylic acids is 1. The van der Waals surface area contributed by atoms with E-state index in [1.165, 1.54) is 0 Å². The van der Waals surface area contributed by atoms with Crippen molar-refractivity contribution in [1.82, 2.24) is 10.3 Å². The molecule has 0 bridgehead atoms. The maximum atomic E-state index is 11.7. The van der Waals surface area contributed by atoms with Crippen LogP contribution in [0.2, 0.25) is 0 Å². The molecule has 2 aromatic rings. The molecule has 5 nitrogen and oxygen atoms in total. The molecule has 0 saturated carbocycles. The maximum absolute atomic E-state index is 11.7. The molecule has 1 amide bonds. The van der Waals surface area contributed by atoms with Crippen LogP contribution in [0.25, 0.3) is 0 Å². The van der Waals surface area contributed by atoms with Gasteiger partial charge in [0.2, 0.25) is 0 Å². The highest BCUT2D eigenvalue weighted by Gasteiger charge is 2.07. The van der Waals surface area contributed by atoms with Crippen LogP contribution in [0.15, 0.2) is 42.6 Å². The van der Waals surface area contributed by atoms with Crippen LogP contribution in [0.1, 0.15) is 23.0 Å². The van der Waals surface area contributed by atoms with Crippen LogP contribution < -0.4 is 15.8 Å². The van der Waals surface area contributed by atoms with E-state index < -0.39 is 0 Å². The summed E-state index contributed by atoms with van der Waals surface area (Å²) < 4.78 is 5.66. The molecule has 0 radical (unpaired) electrons. The van der Waals surface area contributed by atoms with Crippen molar-refractivity contribution in [2.45, 2.75) is 13.3 Å². The molecule has 2 rings (SSSR count). The summed E-state index contributed by atoms with van der Waals surface area (Å²) >= 11 is 0. The fraction of sp³-hybridized carbons (Fsp3) is 0.250. The van der Waals surface area contributed by atoms with Gasteiger partial charge in [0.05, 0.1) is 6.61 Å². The number of rotatable bonds is 6. The van der Waals surface area contributed by atoms with Gasteiger partial charge in [-0.1, -0.05) is 18.2 Å². The first kappa shape index (κ1) is 14.8. The normalized spacial score (nSPS) is 10.1. The van der Waals surface area contributed by atoms with E-state index in [4.69, 9.17) is 10.5 Å². The van der Waals surface area contributed by atoms with E-state index >= 15 is 0 Å². The molecule has 0 fully saturated rings. The minimum atomic E-state index is -0.199. The highest BCUT2D eigenvalue weighted by Crippen LogP contribution is 2.14. The van der Waals surface area contributed by atoms with Gasteiger partial charge in [-0.15, -0.1) is 0 Å². The molecule has 21 heavy (non-hydrogen) atoms. The monoisotopic (exact) mass is 285 g/mol. The Bertz CT molecular complexity index is 614. The third-order valence-electron chi connectivity index (χ3n) is 3.00. The van der Waals surface area contributed by atoms with Crippen molar-refractivity contribution < 1.29 is 9.53 Å². The van der Waals surface area contributed by atoms with E-state index in [0.29, 0.717) is 31.0 Å². The Morgan fingerprint density at radius 2 is 2.14 bits per heavy atom. The van der Waals surface area contributed by atoms with E-state index in [9.17, 15) is 4.79 Å². The quantitative estimate of drug-likeness (QED) is 0.796. The smallest absolute Gasteiger partial charge is 0.270 e. The molecular weight excluding hydrogens is 266 g/mol. The van der Waals surface area contributed by atoms with Crippen molar-refractivity contribution >= 4 is 11.6 Å². The summed E-state index contributed by atoms with van der Waals surface area (Å²) in [6.45, 7) is 2.93. The van der Waals surface area contributed by atoms with E-state index in [1.807, 2.05) is 31.2 Å². The van der Waals surface area contributed by atoms with E-state index in [-0.39, 0.29) is 5.91 Å². The van der Waals surface area contributed by atoms with Gasteiger partial charge in [-0.05, 0) is 24.6 Å². The Morgan fingerprint density at radius 3 is 2.90 bits per heavy atom. The number of nitrogens with one attached hydrogen (secondary N) is 1. The minimum Gasteiger partial charge on any atom is -0.493 e. The molecule has 0 saturated heterocycles. The SMILES string of the molecule is CCNC(=O)c1cc(OCCc2ccccc2N)ccn1. The number of nitrogens with zero attached hydrogens (tertiary/aromatic N) is 1. The average Bonchev–Trinajstić information content (AvgIpc) is 2.50. The molecular formula is C16H19N3O2. The number of anilines is 1. The molecule has 0 atom stereocenters. The lowest BCUT2D eigenvalue weighted by Crippen LogP contribution is -2.23. The standard InChI is InChI=1S/C16H19N3O2/c1-2-18-16(20)15-11-13(7-9-19-15)21-10-8-12-5-3-4-6-14(12)17/h3-7,9,11H,2,8,10,17H2,1H3,(H,18,20). The Morgan fingerprint density at radius 1 is 1.33 bits per heavy atom. The molecule has 0 aliphatic carbocycles. The molecule has 0 aliphatic rings. The molecule has 1 aromatic heterocycles. The fourth-order valence-corrected chi connectivity index (χ4v) is 1.92. The molecule has 0 aliphatic heterocycles. The number of para-hydroxylation sites is 1. The molecule has 1 aromatic carbocycles. The fourth-order valence-electron chi connectivity index (χ4n) is 1.92. The first-order valence-electron chi connectivity index (χ1n) is 6.91. The van der Waals surface area contributed by atoms with Crippen molar-refractivity contribution in [3.05, 3.63) is 53.9 Å². The highest BCUT2D eigenvalue weighted by molar-refractivity contribution is 5.92. The van der Waals surface area contributed by atoms with Crippen LogP contribution >= 0.6 is 0 Å². The summed E-state index contributed by atoms with van der Waals surface area (Å²) in [5.74, 6) is 0.427. The zero-order valence-corrected chi connectivity index (χ0v) is 12.0. The first-order chi connectivity index (χ1) is 10.2. The lowest BCUT2D eigenvalue weighted by atomic mass is 10.1. The van der Waals surface area contributed by atoms with Crippen molar-refractivity contribution in [2.24, 2.45) is 0 Å². The Kier molecular flexibility index (Phi) is 5.15. The van der Waals surface area contributed by atoms with Gasteiger partial charge in [-0.3, -0.25) is 9.78 Å². The number of ether oxygens (including phenoxy) is 1. The zero-order valence-electron chi connectivity index (χ0n) is 12.0. The molecule has 1 heterocycles. The summed E-state index contributed by atoms with van der Waals surface area (Å²) in [5.41, 5.74) is 8.05. The largest absolute Gasteiger partial charge is 0.493 e. The van der Waals surface area contributed by atoms with E-state index in [1.54, 1.807) is 18.3 Å². The van der Waals surface area contributed by atoms with Crippen molar-refractivity contribution in [3.8, 4) is 5.75 Å². The molecule has 5 heteroatoms. The van der Waals surface area contributed by atoms with Crippen LogP contribution in [0.3, 0.4) is 0 Å². The Balaban J connectivity index is 1.93. The molecule has 0 spiro atoms. The van der Waals surface area contributed by atoms with E-state index in [2.05, 4.69) is 10.3 Å². The van der Waals surface area contributed by atoms with Crippen LogP contribution in [0, 0.1) is 0 Å². The summed E-state index contributed by atoms with van der Waals surface area (Å²) in [7, 11) is 0. The van der Waals surface area contributed by atoms with Crippen LogP contribution in [0.5, 0.6) is 5.75 Å². The molecule has 110 valence electrons. The number of nitrogens with two attached hydrogens (primary N) is 1. The van der Waals surface area contributed by atoms with Gasteiger partial charge in [0.15, 0.2) is 0 Å². The summed E-state index contributed by atoms with van der Waals surface area (Å²) in [4.78, 5) is 15.7. The van der Waals surface area contributed by atoms with Crippen LogP contribution in [-0.4, -0.2) is 24.0 Å². The summed E-state index contributed by atoms with van der Waals surface area (Å²) in [6.07, 6.45) is 2.28. The van der Waals surface area contributed by atoms with Gasteiger partial charge in [0.1, 0.15) is 11.4 Å². The second-order valence-corrected chi connectivity index (χ2v) is 4.53. The molecule has 3 N–H and O–H groups in total. The van der Waals surface area contributed by atoms with E-state index in [0.717, 1.165) is 11.3 Å². The highest BCUT2D eigenvalue weighted by atomic mass is 16.5. The molecule has 0 unspecified atom stereocenters. The number of pyridine rings is 1. The van der Waals surface area contributed by atoms with Gasteiger partial charge in [-0.25, -0.2) is 0 Å². The number of aromatic nitrogens is 1. The third kappa shape index (κ3) is 4.21. The number of nitrogen functional groups attached to an aromatic ring is 1. The van der Waals surface area contributed by atoms with Gasteiger partial charge in [-0.2, -0.15) is 0 Å². The average molecular weight is 285 g/mol. The van der Waals surface area contributed by atoms with Crippen LogP contribution in [0.4, 0.5) is 5.69 Å². The Labute approximate surface area is 124 Å². The number of benzene rings is 1. The van der Waals surface area contributed by atoms with Gasteiger partial charge in [0.25, 0.3) is 5.91 Å². The van der Waals surface area contributed by atoms with Crippen molar-refractivity contribution in [2.75, 3.05) is 18.9 Å². The zero-order chi connectivity index (χ0) is 15.1.